The minimum Gasteiger partial charge on any atom is -0.444 e. The average molecular weight is 248 g/mol. The molecule has 1 aliphatic heterocycles. The van der Waals surface area contributed by atoms with Crippen LogP contribution in [0, 0.1) is 0 Å². The lowest BCUT2D eigenvalue weighted by Crippen LogP contribution is -2.48. The molecular formula is C11H24N2O2S. The molecule has 0 spiro atoms. The molecule has 0 aromatic heterocycles. The van der Waals surface area contributed by atoms with Crippen molar-refractivity contribution in [1.29, 1.82) is 0 Å². The van der Waals surface area contributed by atoms with Crippen LogP contribution in [-0.4, -0.2) is 59.6 Å². The summed E-state index contributed by atoms with van der Waals surface area (Å²) in [7, 11) is 0. The number of rotatable bonds is 1. The molecule has 96 valence electrons. The molecule has 0 radical (unpaired) electrons. The Morgan fingerprint density at radius 2 is 1.62 bits per heavy atom. The summed E-state index contributed by atoms with van der Waals surface area (Å²) in [6.07, 6.45) is 4.32. The van der Waals surface area contributed by atoms with E-state index in [1.165, 1.54) is 0 Å². The Morgan fingerprint density at radius 1 is 1.12 bits per heavy atom. The molecule has 0 aromatic carbocycles. The molecule has 1 aliphatic rings. The van der Waals surface area contributed by atoms with Gasteiger partial charge in [-0.1, -0.05) is 0 Å². The summed E-state index contributed by atoms with van der Waals surface area (Å²) < 4.78 is 7.79. The number of amides is 1. The Labute approximate surface area is 101 Å². The van der Waals surface area contributed by atoms with Crippen LogP contribution in [0.15, 0.2) is 0 Å². The lowest BCUT2D eigenvalue weighted by molar-refractivity contribution is 0.0197. The maximum atomic E-state index is 11.8. The highest BCUT2D eigenvalue weighted by Crippen LogP contribution is 2.23. The lowest BCUT2D eigenvalue weighted by Gasteiger charge is -2.38. The first-order chi connectivity index (χ1) is 7.29. The van der Waals surface area contributed by atoms with Crippen molar-refractivity contribution in [2.75, 3.05) is 38.7 Å². The standard InChI is InChI=1S/C11H24N2O2S/c1-11(2,3)15-10(14)12-6-8-13(9-7-12)16(4)5/h16H,6-9H2,1-5H3. The summed E-state index contributed by atoms with van der Waals surface area (Å²) in [5.41, 5.74) is -0.393. The number of hydrogen-bond acceptors (Lipinski definition) is 3. The van der Waals surface area contributed by atoms with E-state index in [0.717, 1.165) is 26.2 Å². The van der Waals surface area contributed by atoms with E-state index >= 15 is 0 Å². The fraction of sp³-hybridized carbons (Fsp3) is 0.909. The van der Waals surface area contributed by atoms with Gasteiger partial charge in [-0.05, 0) is 33.3 Å². The van der Waals surface area contributed by atoms with Crippen LogP contribution >= 0.6 is 11.1 Å². The zero-order chi connectivity index (χ0) is 12.3. The fourth-order valence-electron chi connectivity index (χ4n) is 1.60. The molecule has 0 bridgehead atoms. The van der Waals surface area contributed by atoms with Crippen LogP contribution in [0.3, 0.4) is 0 Å². The van der Waals surface area contributed by atoms with E-state index in [9.17, 15) is 4.79 Å². The quantitative estimate of drug-likeness (QED) is 0.717. The molecule has 1 saturated heterocycles. The van der Waals surface area contributed by atoms with Gasteiger partial charge in [0, 0.05) is 26.2 Å². The van der Waals surface area contributed by atoms with Crippen molar-refractivity contribution in [2.24, 2.45) is 0 Å². The topological polar surface area (TPSA) is 32.8 Å². The zero-order valence-electron chi connectivity index (χ0n) is 11.0. The molecule has 1 fully saturated rings. The van der Waals surface area contributed by atoms with Gasteiger partial charge in [-0.15, -0.1) is 0 Å². The van der Waals surface area contributed by atoms with Crippen LogP contribution in [0.2, 0.25) is 0 Å². The van der Waals surface area contributed by atoms with Gasteiger partial charge in [0.2, 0.25) is 0 Å². The minimum absolute atomic E-state index is 0.0292. The van der Waals surface area contributed by atoms with E-state index in [-0.39, 0.29) is 17.2 Å². The summed E-state index contributed by atoms with van der Waals surface area (Å²) in [5.74, 6) is 0. The van der Waals surface area contributed by atoms with Crippen molar-refractivity contribution in [2.45, 2.75) is 26.4 Å². The number of hydrogen-bond donors (Lipinski definition) is 1. The summed E-state index contributed by atoms with van der Waals surface area (Å²) in [5, 5.41) is 0. The predicted molar refractivity (Wildman–Crippen MR) is 70.2 cm³/mol. The van der Waals surface area contributed by atoms with Crippen LogP contribution in [0.5, 0.6) is 0 Å². The number of ether oxygens (including phenoxy) is 1. The molecular weight excluding hydrogens is 224 g/mol. The molecule has 1 rings (SSSR count). The van der Waals surface area contributed by atoms with Crippen molar-refractivity contribution in [3.05, 3.63) is 0 Å². The Balaban J connectivity index is 2.39. The summed E-state index contributed by atoms with van der Waals surface area (Å²) in [6, 6.07) is 0. The van der Waals surface area contributed by atoms with E-state index in [1.807, 2.05) is 20.8 Å². The first-order valence-corrected chi connectivity index (χ1v) is 7.88. The predicted octanol–water partition coefficient (Wildman–Crippen LogP) is 1.71. The van der Waals surface area contributed by atoms with Crippen LogP contribution in [0.1, 0.15) is 20.8 Å². The monoisotopic (exact) mass is 248 g/mol. The number of piperazine rings is 1. The first-order valence-electron chi connectivity index (χ1n) is 5.70. The van der Waals surface area contributed by atoms with Gasteiger partial charge in [-0.3, -0.25) is 4.31 Å². The third kappa shape index (κ3) is 4.22. The van der Waals surface area contributed by atoms with Gasteiger partial charge >= 0.3 is 6.09 Å². The van der Waals surface area contributed by atoms with Crippen molar-refractivity contribution in [3.63, 3.8) is 0 Å². The minimum atomic E-state index is -0.393. The second-order valence-electron chi connectivity index (χ2n) is 5.27. The first kappa shape index (κ1) is 13.6. The third-order valence-electron chi connectivity index (χ3n) is 2.47. The van der Waals surface area contributed by atoms with Gasteiger partial charge in [-0.2, -0.15) is 0 Å². The van der Waals surface area contributed by atoms with E-state index in [1.54, 1.807) is 4.90 Å². The summed E-state index contributed by atoms with van der Waals surface area (Å²) in [6.45, 7) is 9.22. The number of thiol groups is 1. The fourth-order valence-corrected chi connectivity index (χ4v) is 2.58. The van der Waals surface area contributed by atoms with Crippen molar-refractivity contribution in [1.82, 2.24) is 9.21 Å². The molecule has 0 unspecified atom stereocenters. The van der Waals surface area contributed by atoms with Crippen LogP contribution in [0.4, 0.5) is 4.79 Å². The molecule has 1 heterocycles. The highest BCUT2D eigenvalue weighted by Gasteiger charge is 2.25. The highest BCUT2D eigenvalue weighted by molar-refractivity contribution is 8.13. The molecule has 0 aliphatic carbocycles. The smallest absolute Gasteiger partial charge is 0.410 e. The number of nitrogens with zero attached hydrogens (tertiary/aromatic N) is 2. The Hall–Kier alpha value is -0.420. The second-order valence-corrected chi connectivity index (χ2v) is 7.53. The highest BCUT2D eigenvalue weighted by atomic mass is 32.2. The van der Waals surface area contributed by atoms with Gasteiger partial charge in [0.1, 0.15) is 5.60 Å². The van der Waals surface area contributed by atoms with Crippen LogP contribution in [0.25, 0.3) is 0 Å². The van der Waals surface area contributed by atoms with Gasteiger partial charge in [-0.25, -0.2) is 15.9 Å². The Kier molecular flexibility index (Phi) is 4.50. The molecule has 5 heteroatoms. The van der Waals surface area contributed by atoms with Crippen molar-refractivity contribution in [3.8, 4) is 0 Å². The molecule has 0 atom stereocenters. The van der Waals surface area contributed by atoms with Crippen LogP contribution in [-0.2, 0) is 4.74 Å². The molecule has 0 N–H and O–H groups in total. The lowest BCUT2D eigenvalue weighted by atomic mass is 10.2. The molecule has 16 heavy (non-hydrogen) atoms. The maximum Gasteiger partial charge on any atom is 0.410 e. The molecule has 0 saturated carbocycles. The van der Waals surface area contributed by atoms with Gasteiger partial charge in [0.15, 0.2) is 0 Å². The molecule has 4 nitrogen and oxygen atoms in total. The van der Waals surface area contributed by atoms with E-state index in [2.05, 4.69) is 16.8 Å². The largest absolute Gasteiger partial charge is 0.444 e. The summed E-state index contributed by atoms with van der Waals surface area (Å²) in [4.78, 5) is 13.6. The van der Waals surface area contributed by atoms with Gasteiger partial charge < -0.3 is 9.64 Å². The maximum absolute atomic E-state index is 11.8. The molecule has 0 aromatic rings. The van der Waals surface area contributed by atoms with Gasteiger partial charge in [0.25, 0.3) is 0 Å². The SMILES string of the molecule is C[SH](C)N1CCN(C(=O)OC(C)(C)C)CC1. The second kappa shape index (κ2) is 5.27. The van der Waals surface area contributed by atoms with E-state index < -0.39 is 5.60 Å². The van der Waals surface area contributed by atoms with Crippen LogP contribution < -0.4 is 0 Å². The van der Waals surface area contributed by atoms with Gasteiger partial charge in [0.05, 0.1) is 0 Å². The van der Waals surface area contributed by atoms with E-state index in [4.69, 9.17) is 4.74 Å². The number of carbonyl (C=O) groups excluding carboxylic acids is 1. The normalized spacial score (nSPS) is 19.6. The van der Waals surface area contributed by atoms with E-state index in [0.29, 0.717) is 0 Å². The zero-order valence-corrected chi connectivity index (χ0v) is 11.9. The Morgan fingerprint density at radius 3 is 2.00 bits per heavy atom. The Bertz CT molecular complexity index is 243. The van der Waals surface area contributed by atoms with Crippen molar-refractivity contribution < 1.29 is 9.53 Å². The summed E-state index contributed by atoms with van der Waals surface area (Å²) >= 11 is -0.0292. The number of carbonyl (C=O) groups is 1. The molecule has 1 amide bonds. The average Bonchev–Trinajstić information content (AvgIpc) is 2.15. The third-order valence-corrected chi connectivity index (χ3v) is 4.00. The van der Waals surface area contributed by atoms with Crippen molar-refractivity contribution >= 4 is 17.2 Å².